The average molecular weight is 286 g/mol. The fourth-order valence-corrected chi connectivity index (χ4v) is 2.73. The third-order valence-corrected chi connectivity index (χ3v) is 3.98. The molecule has 0 spiro atoms. The van der Waals surface area contributed by atoms with Crippen molar-refractivity contribution in [3.8, 4) is 0 Å². The highest BCUT2D eigenvalue weighted by Crippen LogP contribution is 2.40. The summed E-state index contributed by atoms with van der Waals surface area (Å²) in [4.78, 5) is 22.0. The monoisotopic (exact) mass is 286 g/mol. The maximum Gasteiger partial charge on any atom is 0.314 e. The molecule has 0 atom stereocenters. The number of hydrogen-bond acceptors (Lipinski definition) is 3. The van der Waals surface area contributed by atoms with Crippen molar-refractivity contribution in [1.29, 1.82) is 0 Å². The third kappa shape index (κ3) is 6.23. The van der Waals surface area contributed by atoms with Crippen LogP contribution in [0.1, 0.15) is 44.9 Å². The Kier molecular flexibility index (Phi) is 7.36. The van der Waals surface area contributed by atoms with Gasteiger partial charge in [-0.05, 0) is 31.1 Å². The fraction of sp³-hybridized carbons (Fsp3) is 0.857. The summed E-state index contributed by atoms with van der Waals surface area (Å²) in [5, 5.41) is 14.1. The first-order valence-corrected chi connectivity index (χ1v) is 7.30. The van der Waals surface area contributed by atoms with Gasteiger partial charge in [0, 0.05) is 33.2 Å². The highest BCUT2D eigenvalue weighted by Gasteiger charge is 2.33. The van der Waals surface area contributed by atoms with Crippen LogP contribution >= 0.6 is 0 Å². The van der Waals surface area contributed by atoms with Gasteiger partial charge in [0.05, 0.1) is 0 Å². The van der Waals surface area contributed by atoms with Crippen molar-refractivity contribution in [2.24, 2.45) is 5.41 Å². The van der Waals surface area contributed by atoms with Crippen LogP contribution < -0.4 is 10.6 Å². The molecule has 1 saturated carbocycles. The van der Waals surface area contributed by atoms with Crippen molar-refractivity contribution in [3.63, 3.8) is 0 Å². The topological polar surface area (TPSA) is 87.7 Å². The van der Waals surface area contributed by atoms with Crippen LogP contribution in [0.5, 0.6) is 0 Å². The van der Waals surface area contributed by atoms with Gasteiger partial charge in [0.15, 0.2) is 0 Å². The number of methoxy groups -OCH3 is 1. The molecule has 6 nitrogen and oxygen atoms in total. The van der Waals surface area contributed by atoms with Gasteiger partial charge in [-0.25, -0.2) is 4.79 Å². The summed E-state index contributed by atoms with van der Waals surface area (Å²) < 4.78 is 5.15. The van der Waals surface area contributed by atoms with Crippen LogP contribution in [0.25, 0.3) is 0 Å². The minimum Gasteiger partial charge on any atom is -0.481 e. The second-order valence-electron chi connectivity index (χ2n) is 5.56. The van der Waals surface area contributed by atoms with Crippen LogP contribution in [-0.4, -0.2) is 43.9 Å². The van der Waals surface area contributed by atoms with Gasteiger partial charge in [-0.1, -0.05) is 12.8 Å². The first kappa shape index (κ1) is 16.8. The summed E-state index contributed by atoms with van der Waals surface area (Å²) >= 11 is 0. The number of carboxylic acid groups (broad SMARTS) is 1. The zero-order valence-electron chi connectivity index (χ0n) is 12.2. The normalized spacial score (nSPS) is 16.9. The number of hydrogen-bond donors (Lipinski definition) is 3. The fourth-order valence-electron chi connectivity index (χ4n) is 2.73. The van der Waals surface area contributed by atoms with Gasteiger partial charge < -0.3 is 20.5 Å². The quantitative estimate of drug-likeness (QED) is 0.563. The lowest BCUT2D eigenvalue weighted by Crippen LogP contribution is -2.42. The van der Waals surface area contributed by atoms with Crippen molar-refractivity contribution in [3.05, 3.63) is 0 Å². The number of urea groups is 1. The van der Waals surface area contributed by atoms with E-state index in [0.717, 1.165) is 25.9 Å². The van der Waals surface area contributed by atoms with Crippen LogP contribution in [0.4, 0.5) is 4.79 Å². The number of carboxylic acids is 1. The number of ether oxygens (including phenoxy) is 1. The molecular formula is C14H26N2O4. The minimum absolute atomic E-state index is 0.0814. The lowest BCUT2D eigenvalue weighted by molar-refractivity contribution is -0.137. The molecule has 0 radical (unpaired) electrons. The van der Waals surface area contributed by atoms with Crippen LogP contribution in [0.3, 0.4) is 0 Å². The predicted molar refractivity (Wildman–Crippen MR) is 75.7 cm³/mol. The van der Waals surface area contributed by atoms with E-state index >= 15 is 0 Å². The number of aliphatic carboxylic acids is 1. The molecule has 1 aliphatic carbocycles. The van der Waals surface area contributed by atoms with Gasteiger partial charge in [-0.15, -0.1) is 0 Å². The highest BCUT2D eigenvalue weighted by molar-refractivity contribution is 5.74. The van der Waals surface area contributed by atoms with Crippen molar-refractivity contribution < 1.29 is 19.4 Å². The predicted octanol–water partition coefficient (Wildman–Crippen LogP) is 1.75. The Morgan fingerprint density at radius 2 is 1.95 bits per heavy atom. The van der Waals surface area contributed by atoms with Crippen LogP contribution in [0, 0.1) is 5.41 Å². The first-order chi connectivity index (χ1) is 9.58. The Labute approximate surface area is 120 Å². The van der Waals surface area contributed by atoms with E-state index in [9.17, 15) is 9.59 Å². The van der Waals surface area contributed by atoms with Crippen LogP contribution in [0.15, 0.2) is 0 Å². The number of nitrogens with one attached hydrogen (secondary N) is 2. The molecule has 0 aromatic rings. The molecule has 1 rings (SSSR count). The first-order valence-electron chi connectivity index (χ1n) is 7.30. The van der Waals surface area contributed by atoms with E-state index in [2.05, 4.69) is 10.6 Å². The van der Waals surface area contributed by atoms with Gasteiger partial charge in [0.25, 0.3) is 0 Å². The molecule has 116 valence electrons. The van der Waals surface area contributed by atoms with Gasteiger partial charge in [-0.2, -0.15) is 0 Å². The van der Waals surface area contributed by atoms with E-state index < -0.39 is 5.97 Å². The number of amides is 2. The second kappa shape index (κ2) is 8.79. The zero-order valence-corrected chi connectivity index (χ0v) is 12.2. The number of carbonyl (C=O) groups excluding carboxylic acids is 1. The summed E-state index contributed by atoms with van der Waals surface area (Å²) in [6, 6.07) is -0.209. The summed E-state index contributed by atoms with van der Waals surface area (Å²) in [6.07, 6.45) is 6.21. The molecule has 0 unspecified atom stereocenters. The third-order valence-electron chi connectivity index (χ3n) is 3.98. The van der Waals surface area contributed by atoms with Crippen molar-refractivity contribution in [2.45, 2.75) is 44.9 Å². The second-order valence-corrected chi connectivity index (χ2v) is 5.56. The molecule has 2 amide bonds. The van der Waals surface area contributed by atoms with Crippen molar-refractivity contribution in [1.82, 2.24) is 10.6 Å². The summed E-state index contributed by atoms with van der Waals surface area (Å²) in [5.41, 5.74) is 0.175. The van der Waals surface area contributed by atoms with Crippen LogP contribution in [-0.2, 0) is 9.53 Å². The number of rotatable bonds is 9. The molecule has 6 heteroatoms. The van der Waals surface area contributed by atoms with Gasteiger partial charge in [-0.3, -0.25) is 4.79 Å². The molecule has 0 aliphatic heterocycles. The Hall–Kier alpha value is -1.30. The van der Waals surface area contributed by atoms with Gasteiger partial charge in [0.1, 0.15) is 0 Å². The number of carbonyl (C=O) groups is 2. The highest BCUT2D eigenvalue weighted by atomic mass is 16.5. The SMILES string of the molecule is COCCC1(CNC(=O)NCCCC(=O)O)CCCC1. The molecule has 1 aliphatic rings. The Balaban J connectivity index is 2.21. The molecule has 0 aromatic carbocycles. The van der Waals surface area contributed by atoms with E-state index in [-0.39, 0.29) is 17.9 Å². The molecule has 0 heterocycles. The van der Waals surface area contributed by atoms with E-state index in [1.165, 1.54) is 12.8 Å². The standard InChI is InChI=1S/C14H26N2O4/c1-20-10-8-14(6-2-3-7-14)11-16-13(19)15-9-4-5-12(17)18/h2-11H2,1H3,(H,17,18)(H2,15,16,19). The minimum atomic E-state index is -0.836. The lowest BCUT2D eigenvalue weighted by atomic mass is 9.83. The zero-order chi connectivity index (χ0) is 14.8. The molecule has 1 fully saturated rings. The Bertz CT molecular complexity index is 314. The molecule has 20 heavy (non-hydrogen) atoms. The molecule has 3 N–H and O–H groups in total. The molecule has 0 saturated heterocycles. The maximum atomic E-state index is 11.7. The van der Waals surface area contributed by atoms with Gasteiger partial charge in [0.2, 0.25) is 0 Å². The smallest absolute Gasteiger partial charge is 0.314 e. The largest absolute Gasteiger partial charge is 0.481 e. The summed E-state index contributed by atoms with van der Waals surface area (Å²) in [6.45, 7) is 1.78. The molecular weight excluding hydrogens is 260 g/mol. The van der Waals surface area contributed by atoms with Crippen molar-refractivity contribution >= 4 is 12.0 Å². The Morgan fingerprint density at radius 3 is 2.55 bits per heavy atom. The van der Waals surface area contributed by atoms with E-state index in [1.54, 1.807) is 7.11 Å². The summed E-state index contributed by atoms with van der Waals surface area (Å²) in [5.74, 6) is -0.836. The maximum absolute atomic E-state index is 11.7. The summed E-state index contributed by atoms with van der Waals surface area (Å²) in [7, 11) is 1.70. The van der Waals surface area contributed by atoms with Crippen molar-refractivity contribution in [2.75, 3.05) is 26.8 Å². The van der Waals surface area contributed by atoms with E-state index in [0.29, 0.717) is 19.5 Å². The molecule has 0 bridgehead atoms. The van der Waals surface area contributed by atoms with E-state index in [1.807, 2.05) is 0 Å². The average Bonchev–Trinajstić information content (AvgIpc) is 2.88. The Morgan fingerprint density at radius 1 is 1.25 bits per heavy atom. The van der Waals surface area contributed by atoms with Crippen LogP contribution in [0.2, 0.25) is 0 Å². The molecule has 0 aromatic heterocycles. The van der Waals surface area contributed by atoms with Gasteiger partial charge >= 0.3 is 12.0 Å². The van der Waals surface area contributed by atoms with E-state index in [4.69, 9.17) is 9.84 Å². The lowest BCUT2D eigenvalue weighted by Gasteiger charge is -2.29.